The van der Waals surface area contributed by atoms with Crippen LogP contribution in [0, 0.1) is 9.49 Å². The van der Waals surface area contributed by atoms with E-state index in [-0.39, 0.29) is 0 Å². The molecular formula is C17H28IN. The molecule has 1 nitrogen and oxygen atoms in total. The Hall–Kier alpha value is -0.0900. The second-order valence-corrected chi connectivity index (χ2v) is 6.58. The fourth-order valence-corrected chi connectivity index (χ4v) is 3.19. The topological polar surface area (TPSA) is 12.0 Å². The minimum absolute atomic E-state index is 0.630. The molecule has 1 aromatic rings. The third-order valence-electron chi connectivity index (χ3n) is 3.72. The molecule has 19 heavy (non-hydrogen) atoms. The molecule has 1 N–H and O–H groups in total. The number of hydrogen-bond acceptors (Lipinski definition) is 1. The van der Waals surface area contributed by atoms with E-state index in [0.29, 0.717) is 6.04 Å². The quantitative estimate of drug-likeness (QED) is 0.599. The van der Waals surface area contributed by atoms with Crippen molar-refractivity contribution in [2.75, 3.05) is 6.54 Å². The third kappa shape index (κ3) is 6.26. The van der Waals surface area contributed by atoms with E-state index in [9.17, 15) is 0 Å². The van der Waals surface area contributed by atoms with Gasteiger partial charge in [-0.05, 0) is 72.0 Å². The first kappa shape index (κ1) is 17.0. The van der Waals surface area contributed by atoms with Crippen LogP contribution in [0.5, 0.6) is 0 Å². The maximum Gasteiger partial charge on any atom is 0.0136 e. The van der Waals surface area contributed by atoms with Gasteiger partial charge < -0.3 is 5.32 Å². The smallest absolute Gasteiger partial charge is 0.0136 e. The minimum atomic E-state index is 0.630. The molecule has 0 amide bonds. The van der Waals surface area contributed by atoms with Crippen molar-refractivity contribution in [2.24, 2.45) is 5.92 Å². The second-order valence-electron chi connectivity index (χ2n) is 5.33. The van der Waals surface area contributed by atoms with E-state index in [1.54, 1.807) is 0 Å². The third-order valence-corrected chi connectivity index (χ3v) is 4.44. The Morgan fingerprint density at radius 1 is 1.00 bits per heavy atom. The molecule has 0 aliphatic heterocycles. The van der Waals surface area contributed by atoms with Gasteiger partial charge in [0.05, 0.1) is 0 Å². The molecule has 0 saturated heterocycles. The van der Waals surface area contributed by atoms with Gasteiger partial charge in [-0.3, -0.25) is 0 Å². The average Bonchev–Trinajstić information content (AvgIpc) is 2.40. The van der Waals surface area contributed by atoms with Crippen LogP contribution in [0.15, 0.2) is 24.3 Å². The van der Waals surface area contributed by atoms with E-state index in [2.05, 4.69) is 72.9 Å². The van der Waals surface area contributed by atoms with Crippen LogP contribution < -0.4 is 5.32 Å². The summed E-state index contributed by atoms with van der Waals surface area (Å²) in [7, 11) is 0. The summed E-state index contributed by atoms with van der Waals surface area (Å²) in [5.41, 5.74) is 1.46. The van der Waals surface area contributed by atoms with Crippen molar-refractivity contribution in [3.63, 3.8) is 0 Å². The molecule has 0 heterocycles. The lowest BCUT2D eigenvalue weighted by Gasteiger charge is -2.28. The molecular weight excluding hydrogens is 345 g/mol. The van der Waals surface area contributed by atoms with Gasteiger partial charge in [0, 0.05) is 9.61 Å². The van der Waals surface area contributed by atoms with Gasteiger partial charge in [0.2, 0.25) is 0 Å². The molecule has 0 aromatic heterocycles. The molecule has 1 atom stereocenters. The van der Waals surface area contributed by atoms with Gasteiger partial charge in [0.1, 0.15) is 0 Å². The first-order valence-electron chi connectivity index (χ1n) is 7.69. The lowest BCUT2D eigenvalue weighted by Crippen LogP contribution is -2.38. The van der Waals surface area contributed by atoms with Gasteiger partial charge >= 0.3 is 0 Å². The summed E-state index contributed by atoms with van der Waals surface area (Å²) < 4.78 is 1.32. The highest BCUT2D eigenvalue weighted by Crippen LogP contribution is 2.21. The van der Waals surface area contributed by atoms with Gasteiger partial charge in [0.25, 0.3) is 0 Å². The molecule has 108 valence electrons. The Morgan fingerprint density at radius 3 is 2.05 bits per heavy atom. The Labute approximate surface area is 132 Å². The van der Waals surface area contributed by atoms with Crippen LogP contribution in [-0.4, -0.2) is 12.6 Å². The highest BCUT2D eigenvalue weighted by atomic mass is 127. The SMILES string of the molecule is CCCC(CCC)C(Cc1ccc(I)cc1)NCC. The lowest BCUT2D eigenvalue weighted by atomic mass is 9.86. The van der Waals surface area contributed by atoms with Crippen molar-refractivity contribution in [3.05, 3.63) is 33.4 Å². The van der Waals surface area contributed by atoms with Crippen molar-refractivity contribution in [1.82, 2.24) is 5.32 Å². The van der Waals surface area contributed by atoms with Crippen molar-refractivity contribution in [1.29, 1.82) is 0 Å². The predicted octanol–water partition coefficient (Wildman–Crippen LogP) is 5.03. The molecule has 0 aliphatic rings. The summed E-state index contributed by atoms with van der Waals surface area (Å²) in [6, 6.07) is 9.62. The molecule has 0 saturated carbocycles. The molecule has 0 fully saturated rings. The molecule has 1 unspecified atom stereocenters. The summed E-state index contributed by atoms with van der Waals surface area (Å²) in [6.45, 7) is 7.89. The first-order valence-corrected chi connectivity index (χ1v) is 8.76. The van der Waals surface area contributed by atoms with E-state index in [4.69, 9.17) is 0 Å². The maximum absolute atomic E-state index is 3.71. The van der Waals surface area contributed by atoms with E-state index < -0.39 is 0 Å². The highest BCUT2D eigenvalue weighted by molar-refractivity contribution is 14.1. The summed E-state index contributed by atoms with van der Waals surface area (Å²) in [6.07, 6.45) is 6.43. The fourth-order valence-electron chi connectivity index (χ4n) is 2.83. The van der Waals surface area contributed by atoms with Crippen molar-refractivity contribution >= 4 is 22.6 Å². The van der Waals surface area contributed by atoms with E-state index in [0.717, 1.165) is 18.9 Å². The number of nitrogens with one attached hydrogen (secondary N) is 1. The van der Waals surface area contributed by atoms with Gasteiger partial charge in [-0.15, -0.1) is 0 Å². The molecule has 0 aliphatic carbocycles. The number of benzene rings is 1. The second kappa shape index (κ2) is 9.76. The minimum Gasteiger partial charge on any atom is -0.314 e. The van der Waals surface area contributed by atoms with Crippen molar-refractivity contribution in [3.8, 4) is 0 Å². The molecule has 1 aromatic carbocycles. The monoisotopic (exact) mass is 373 g/mol. The zero-order chi connectivity index (χ0) is 14.1. The van der Waals surface area contributed by atoms with E-state index in [1.807, 2.05) is 0 Å². The molecule has 0 spiro atoms. The number of halogens is 1. The van der Waals surface area contributed by atoms with Crippen molar-refractivity contribution in [2.45, 2.75) is 58.9 Å². The van der Waals surface area contributed by atoms with E-state index >= 15 is 0 Å². The normalized spacial score (nSPS) is 12.9. The molecule has 0 bridgehead atoms. The van der Waals surface area contributed by atoms with Gasteiger partial charge in [-0.2, -0.15) is 0 Å². The summed E-state index contributed by atoms with van der Waals surface area (Å²) >= 11 is 2.37. The molecule has 2 heteroatoms. The summed E-state index contributed by atoms with van der Waals surface area (Å²) in [5, 5.41) is 3.71. The summed E-state index contributed by atoms with van der Waals surface area (Å²) in [4.78, 5) is 0. The number of hydrogen-bond donors (Lipinski definition) is 1. The highest BCUT2D eigenvalue weighted by Gasteiger charge is 2.19. The lowest BCUT2D eigenvalue weighted by molar-refractivity contribution is 0.312. The average molecular weight is 373 g/mol. The van der Waals surface area contributed by atoms with Crippen LogP contribution in [0.25, 0.3) is 0 Å². The van der Waals surface area contributed by atoms with Crippen molar-refractivity contribution < 1.29 is 0 Å². The Morgan fingerprint density at radius 2 is 1.58 bits per heavy atom. The Bertz CT molecular complexity index is 328. The standard InChI is InChI=1S/C17H28IN/c1-4-7-15(8-5-2)17(19-6-3)13-14-9-11-16(18)12-10-14/h9-12,15,17,19H,4-8,13H2,1-3H3. The van der Waals surface area contributed by atoms with Crippen LogP contribution in [0.2, 0.25) is 0 Å². The van der Waals surface area contributed by atoms with Crippen LogP contribution >= 0.6 is 22.6 Å². The Balaban J connectivity index is 2.71. The van der Waals surface area contributed by atoms with Crippen LogP contribution in [0.1, 0.15) is 52.0 Å². The zero-order valence-electron chi connectivity index (χ0n) is 12.6. The first-order chi connectivity index (χ1) is 9.21. The largest absolute Gasteiger partial charge is 0.314 e. The van der Waals surface area contributed by atoms with Gasteiger partial charge in [0.15, 0.2) is 0 Å². The molecule has 1 rings (SSSR count). The number of likely N-dealkylation sites (N-methyl/N-ethyl adjacent to an activating group) is 1. The van der Waals surface area contributed by atoms with Gasteiger partial charge in [-0.1, -0.05) is 45.7 Å². The predicted molar refractivity (Wildman–Crippen MR) is 93.6 cm³/mol. The van der Waals surface area contributed by atoms with Crippen LogP contribution in [0.4, 0.5) is 0 Å². The summed E-state index contributed by atoms with van der Waals surface area (Å²) in [5.74, 6) is 0.814. The molecule has 0 radical (unpaired) electrons. The fraction of sp³-hybridized carbons (Fsp3) is 0.647. The maximum atomic E-state index is 3.71. The zero-order valence-corrected chi connectivity index (χ0v) is 14.7. The van der Waals surface area contributed by atoms with Gasteiger partial charge in [-0.25, -0.2) is 0 Å². The number of rotatable bonds is 9. The Kier molecular flexibility index (Phi) is 8.71. The van der Waals surface area contributed by atoms with Crippen LogP contribution in [-0.2, 0) is 6.42 Å². The van der Waals surface area contributed by atoms with Crippen LogP contribution in [0.3, 0.4) is 0 Å². The van der Waals surface area contributed by atoms with E-state index in [1.165, 1.54) is 34.8 Å².